The summed E-state index contributed by atoms with van der Waals surface area (Å²) in [5.74, 6) is -9.40. The van der Waals surface area contributed by atoms with Crippen LogP contribution in [0.5, 0.6) is 5.75 Å². The summed E-state index contributed by atoms with van der Waals surface area (Å²) in [6.07, 6.45) is -1.64. The molecule has 0 fully saturated rings. The molecule has 0 bridgehead atoms. The minimum atomic E-state index is -4.94. The normalized spacial score (nSPS) is 14.8. The Kier molecular flexibility index (Phi) is 22.0. The number of aldehydes is 1. The third-order valence-corrected chi connectivity index (χ3v) is 8.80. The maximum absolute atomic E-state index is 13.9. The van der Waals surface area contributed by atoms with Crippen molar-refractivity contribution in [2.75, 3.05) is 13.2 Å². The number of hydrogen-bond donors (Lipinski definition) is 13. The molecular weight excluding hydrogens is 819 g/mol. The first-order valence-corrected chi connectivity index (χ1v) is 20.0. The lowest BCUT2D eigenvalue weighted by atomic mass is 9.99. The highest BCUT2D eigenvalue weighted by atomic mass is 31.2. The van der Waals surface area contributed by atoms with Gasteiger partial charge < -0.3 is 68.0 Å². The number of carbonyl (C=O) groups excluding carboxylic acids is 8. The molecule has 24 nitrogen and oxygen atoms in total. The molecule has 25 heteroatoms. The van der Waals surface area contributed by atoms with Crippen LogP contribution in [0.25, 0.3) is 0 Å². The van der Waals surface area contributed by atoms with E-state index in [1.807, 2.05) is 0 Å². The van der Waals surface area contributed by atoms with Gasteiger partial charge in [0.2, 0.25) is 41.4 Å². The third kappa shape index (κ3) is 19.5. The van der Waals surface area contributed by atoms with Gasteiger partial charge in [-0.3, -0.25) is 48.1 Å². The summed E-state index contributed by atoms with van der Waals surface area (Å²) in [6.45, 7) is 4.61. The molecule has 0 spiro atoms. The molecular formula is C35H55N8O16P. The van der Waals surface area contributed by atoms with E-state index >= 15 is 0 Å². The Morgan fingerprint density at radius 1 is 0.733 bits per heavy atom. The van der Waals surface area contributed by atoms with Crippen LogP contribution in [0.3, 0.4) is 0 Å². The van der Waals surface area contributed by atoms with Crippen molar-refractivity contribution < 1.29 is 77.3 Å². The molecule has 1 aromatic carbocycles. The Balaban J connectivity index is 3.48. The molecule has 0 radical (unpaired) electrons. The monoisotopic (exact) mass is 874 g/mol. The number of nitrogens with two attached hydrogens (primary N) is 2. The fourth-order valence-electron chi connectivity index (χ4n) is 5.28. The third-order valence-electron chi connectivity index (χ3n) is 8.36. The van der Waals surface area contributed by atoms with Gasteiger partial charge in [-0.1, -0.05) is 39.8 Å². The van der Waals surface area contributed by atoms with Crippen molar-refractivity contribution >= 4 is 61.4 Å². The van der Waals surface area contributed by atoms with Crippen LogP contribution in [-0.4, -0.2) is 134 Å². The predicted molar refractivity (Wildman–Crippen MR) is 208 cm³/mol. The summed E-state index contributed by atoms with van der Waals surface area (Å²) in [5.41, 5.74) is 11.0. The summed E-state index contributed by atoms with van der Waals surface area (Å²) < 4.78 is 15.8. The maximum Gasteiger partial charge on any atom is 0.524 e. The topological polar surface area (TPSA) is 405 Å². The predicted octanol–water partition coefficient (Wildman–Crippen LogP) is -4.44. The molecule has 7 amide bonds. The van der Waals surface area contributed by atoms with E-state index in [2.05, 4.69) is 36.4 Å². The molecule has 15 N–H and O–H groups in total. The van der Waals surface area contributed by atoms with Gasteiger partial charge in [-0.15, -0.1) is 0 Å². The highest BCUT2D eigenvalue weighted by Crippen LogP contribution is 2.37. The summed E-state index contributed by atoms with van der Waals surface area (Å²) in [4.78, 5) is 132. The lowest BCUT2D eigenvalue weighted by molar-refractivity contribution is -0.139. The zero-order valence-corrected chi connectivity index (χ0v) is 34.3. The Morgan fingerprint density at radius 2 is 1.25 bits per heavy atom. The Morgan fingerprint density at radius 3 is 1.73 bits per heavy atom. The van der Waals surface area contributed by atoms with Gasteiger partial charge in [0.15, 0.2) is 0 Å². The first kappa shape index (κ1) is 52.5. The van der Waals surface area contributed by atoms with E-state index in [1.165, 1.54) is 26.0 Å². The van der Waals surface area contributed by atoms with Crippen LogP contribution >= 0.6 is 7.82 Å². The number of nitrogens with one attached hydrogen (secondary N) is 6. The smallest absolute Gasteiger partial charge is 0.481 e. The second kappa shape index (κ2) is 25.2. The molecule has 0 saturated carbocycles. The minimum absolute atomic E-state index is 0.0215. The van der Waals surface area contributed by atoms with E-state index in [9.17, 15) is 57.9 Å². The number of amides is 7. The number of aliphatic hydroxyl groups excluding tert-OH is 2. The number of aliphatic carboxylic acids is 1. The first-order chi connectivity index (χ1) is 27.9. The van der Waals surface area contributed by atoms with Gasteiger partial charge in [-0.05, 0) is 42.4 Å². The largest absolute Gasteiger partial charge is 0.524 e. The number of benzene rings is 1. The number of primary amides is 1. The quantitative estimate of drug-likeness (QED) is 0.0293. The zero-order valence-electron chi connectivity index (χ0n) is 33.4. The Labute approximate surface area is 344 Å². The van der Waals surface area contributed by atoms with Crippen LogP contribution in [0, 0.1) is 11.8 Å². The van der Waals surface area contributed by atoms with Crippen molar-refractivity contribution in [1.82, 2.24) is 31.9 Å². The molecule has 0 heterocycles. The molecule has 0 aromatic heterocycles. The van der Waals surface area contributed by atoms with Crippen LogP contribution in [0.4, 0.5) is 0 Å². The number of carboxylic acids is 1. The first-order valence-electron chi connectivity index (χ1n) is 18.5. The van der Waals surface area contributed by atoms with E-state index in [1.54, 1.807) is 13.8 Å². The van der Waals surface area contributed by atoms with Gasteiger partial charge in [0.25, 0.3) is 0 Å². The molecule has 336 valence electrons. The fraction of sp³-hybridized carbons (Fsp3) is 0.571. The summed E-state index contributed by atoms with van der Waals surface area (Å²) in [6, 6.07) is -5.60. The molecule has 1 aromatic rings. The van der Waals surface area contributed by atoms with Crippen molar-refractivity contribution in [3.05, 3.63) is 29.8 Å². The zero-order chi connectivity index (χ0) is 45.9. The molecule has 0 saturated heterocycles. The molecule has 0 unspecified atom stereocenters. The molecule has 60 heavy (non-hydrogen) atoms. The van der Waals surface area contributed by atoms with Crippen LogP contribution in [0.2, 0.25) is 0 Å². The molecule has 0 aliphatic carbocycles. The van der Waals surface area contributed by atoms with Gasteiger partial charge >= 0.3 is 13.8 Å². The van der Waals surface area contributed by atoms with Gasteiger partial charge in [0.05, 0.1) is 25.7 Å². The van der Waals surface area contributed by atoms with Gasteiger partial charge in [-0.2, -0.15) is 0 Å². The van der Waals surface area contributed by atoms with Crippen LogP contribution < -0.4 is 47.9 Å². The highest BCUT2D eigenvalue weighted by molar-refractivity contribution is 7.46. The highest BCUT2D eigenvalue weighted by Gasteiger charge is 2.34. The van der Waals surface area contributed by atoms with Crippen molar-refractivity contribution in [3.63, 3.8) is 0 Å². The minimum Gasteiger partial charge on any atom is -0.481 e. The second-order valence-electron chi connectivity index (χ2n) is 14.4. The molecule has 0 aliphatic rings. The number of phosphoric acid groups is 1. The molecule has 7 atom stereocenters. The van der Waals surface area contributed by atoms with E-state index in [0.29, 0.717) is 0 Å². The van der Waals surface area contributed by atoms with E-state index in [0.717, 1.165) is 12.1 Å². The maximum atomic E-state index is 13.9. The summed E-state index contributed by atoms with van der Waals surface area (Å²) in [7, 11) is -4.94. The number of carboxylic acid groups (broad SMARTS) is 1. The SMILES string of the molecule is CC(C)C[C@H](NC(=O)[C@H](CO)NC(=O)[C@H](Cc1ccc(OP(=O)(O)O)cc1)NC(=O)[C@@H](NC(=O)[C@H](CCC(N)=O)NC(=O)[C@@H](N)CO)C(C)C)C(=O)N[C@H](C=O)CC(=O)O. The summed E-state index contributed by atoms with van der Waals surface area (Å²) in [5, 5.41) is 42.5. The number of hydrogen-bond acceptors (Lipinski definition) is 14. The standard InChI is InChI=1S/C35H55N8O16P/c1-17(2)11-24(32(52)38-20(14-44)13-28(48)49)40-34(54)26(16-46)42-33(53)25(12-19-5-7-21(8-6-19)59-60(56,57)58)41-35(55)29(18(3)4)43-31(51)23(9-10-27(37)47)39-30(50)22(36)15-45/h5-8,14,17-18,20,22-26,29,45-46H,9-13,15-16,36H2,1-4H3,(H2,37,47)(H,38,52)(H,39,50)(H,40,54)(H,41,55)(H,42,53)(H,43,51)(H,48,49)(H2,56,57,58)/t20-,22-,23-,24-,25-,26-,29-/m0/s1. The number of rotatable bonds is 27. The molecule has 1 rings (SSSR count). The van der Waals surface area contributed by atoms with Crippen molar-refractivity contribution in [2.45, 2.75) is 102 Å². The number of aliphatic hydroxyl groups is 2. The van der Waals surface area contributed by atoms with Crippen molar-refractivity contribution in [1.29, 1.82) is 0 Å². The average Bonchev–Trinajstić information content (AvgIpc) is 3.15. The van der Waals surface area contributed by atoms with Crippen LogP contribution in [-0.2, 0) is 54.1 Å². The lowest BCUT2D eigenvalue weighted by Gasteiger charge is -2.28. The number of carbonyl (C=O) groups is 9. The molecule has 0 aliphatic heterocycles. The van der Waals surface area contributed by atoms with Gasteiger partial charge in [-0.25, -0.2) is 4.57 Å². The van der Waals surface area contributed by atoms with E-state index in [4.69, 9.17) is 26.4 Å². The van der Waals surface area contributed by atoms with Crippen LogP contribution in [0.1, 0.15) is 58.9 Å². The van der Waals surface area contributed by atoms with Crippen molar-refractivity contribution in [3.8, 4) is 5.75 Å². The Bertz CT molecular complexity index is 1720. The van der Waals surface area contributed by atoms with E-state index in [-0.39, 0.29) is 49.2 Å². The number of phosphoric ester groups is 1. The second-order valence-corrected chi connectivity index (χ2v) is 15.5. The van der Waals surface area contributed by atoms with Gasteiger partial charge in [0.1, 0.15) is 48.3 Å². The summed E-state index contributed by atoms with van der Waals surface area (Å²) >= 11 is 0. The van der Waals surface area contributed by atoms with E-state index < -0.39 is 123 Å². The average molecular weight is 875 g/mol. The fourth-order valence-corrected chi connectivity index (χ4v) is 5.68. The van der Waals surface area contributed by atoms with Crippen LogP contribution in [0.15, 0.2) is 24.3 Å². The Hall–Kier alpha value is -5.52. The lowest BCUT2D eigenvalue weighted by Crippen LogP contribution is -2.61. The van der Waals surface area contributed by atoms with Gasteiger partial charge in [0, 0.05) is 12.8 Å². The van der Waals surface area contributed by atoms with Crippen molar-refractivity contribution in [2.24, 2.45) is 23.3 Å².